The summed E-state index contributed by atoms with van der Waals surface area (Å²) >= 11 is 0. The molecule has 0 fully saturated rings. The number of nitrogens with two attached hydrogens (primary N) is 1. The lowest BCUT2D eigenvalue weighted by molar-refractivity contribution is 0.408. The number of ether oxygens (including phenoxy) is 1. The van der Waals surface area contributed by atoms with E-state index < -0.39 is 0 Å². The summed E-state index contributed by atoms with van der Waals surface area (Å²) in [4.78, 5) is 0. The van der Waals surface area contributed by atoms with Crippen molar-refractivity contribution in [1.29, 1.82) is 0 Å². The molecule has 0 amide bonds. The molecule has 1 atom stereocenters. The van der Waals surface area contributed by atoms with Crippen LogP contribution in [0.4, 0.5) is 0 Å². The van der Waals surface area contributed by atoms with Gasteiger partial charge in [-0.3, -0.25) is 0 Å². The van der Waals surface area contributed by atoms with E-state index in [1.807, 2.05) is 18.2 Å². The zero-order valence-corrected chi connectivity index (χ0v) is 11.0. The molecule has 96 valence electrons. The molecule has 0 saturated carbocycles. The van der Waals surface area contributed by atoms with Gasteiger partial charge in [0.1, 0.15) is 5.75 Å². The van der Waals surface area contributed by atoms with Crippen molar-refractivity contribution in [2.24, 2.45) is 5.73 Å². The van der Waals surface area contributed by atoms with Gasteiger partial charge in [-0.25, -0.2) is 0 Å². The molecule has 18 heavy (non-hydrogen) atoms. The molecule has 3 heteroatoms. The average Bonchev–Trinajstić information content (AvgIpc) is 2.87. The van der Waals surface area contributed by atoms with Crippen LogP contribution < -0.4 is 10.5 Å². The molecule has 0 aliphatic heterocycles. The van der Waals surface area contributed by atoms with Gasteiger partial charge < -0.3 is 15.0 Å². The number of para-hydroxylation sites is 1. The van der Waals surface area contributed by atoms with Crippen LogP contribution in [0.15, 0.2) is 42.7 Å². The van der Waals surface area contributed by atoms with Crippen LogP contribution in [0.25, 0.3) is 0 Å². The molecule has 1 aromatic carbocycles. The monoisotopic (exact) mass is 244 g/mol. The Kier molecular flexibility index (Phi) is 4.05. The first-order valence-corrected chi connectivity index (χ1v) is 6.27. The van der Waals surface area contributed by atoms with Crippen LogP contribution in [-0.2, 0) is 6.54 Å². The van der Waals surface area contributed by atoms with Crippen molar-refractivity contribution >= 4 is 0 Å². The Morgan fingerprint density at radius 2 is 2.06 bits per heavy atom. The normalized spacial score (nSPS) is 12.4. The fourth-order valence-corrected chi connectivity index (χ4v) is 2.04. The zero-order chi connectivity index (χ0) is 13.0. The van der Waals surface area contributed by atoms with E-state index in [0.29, 0.717) is 0 Å². The minimum atomic E-state index is 0.129. The number of hydrogen-bond acceptors (Lipinski definition) is 2. The number of methoxy groups -OCH3 is 1. The van der Waals surface area contributed by atoms with Crippen molar-refractivity contribution in [3.05, 3.63) is 53.9 Å². The van der Waals surface area contributed by atoms with E-state index in [-0.39, 0.29) is 6.04 Å². The first kappa shape index (κ1) is 12.7. The predicted molar refractivity (Wildman–Crippen MR) is 73.7 cm³/mol. The lowest BCUT2D eigenvalue weighted by atomic mass is 10.1. The van der Waals surface area contributed by atoms with E-state index >= 15 is 0 Å². The summed E-state index contributed by atoms with van der Waals surface area (Å²) in [6.07, 6.45) is 5.14. The third-order valence-electron chi connectivity index (χ3n) is 3.19. The Morgan fingerprint density at radius 3 is 2.78 bits per heavy atom. The minimum Gasteiger partial charge on any atom is -0.496 e. The quantitative estimate of drug-likeness (QED) is 0.878. The van der Waals surface area contributed by atoms with Crippen molar-refractivity contribution < 1.29 is 4.74 Å². The van der Waals surface area contributed by atoms with E-state index in [4.69, 9.17) is 10.5 Å². The molecular weight excluding hydrogens is 224 g/mol. The highest BCUT2D eigenvalue weighted by atomic mass is 16.5. The van der Waals surface area contributed by atoms with Gasteiger partial charge in [0.2, 0.25) is 0 Å². The second kappa shape index (κ2) is 5.74. The standard InChI is InChI=1S/C15H20N2O/c1-3-14(16)12-8-9-17(10-12)11-13-6-4-5-7-15(13)18-2/h4-10,14H,3,11,16H2,1-2H3. The van der Waals surface area contributed by atoms with Crippen molar-refractivity contribution in [3.8, 4) is 5.75 Å². The minimum absolute atomic E-state index is 0.129. The van der Waals surface area contributed by atoms with Gasteiger partial charge in [0.25, 0.3) is 0 Å². The van der Waals surface area contributed by atoms with Gasteiger partial charge in [0.05, 0.1) is 13.7 Å². The molecular formula is C15H20N2O. The van der Waals surface area contributed by atoms with E-state index in [0.717, 1.165) is 18.7 Å². The van der Waals surface area contributed by atoms with Gasteiger partial charge in [-0.05, 0) is 24.1 Å². The SMILES string of the molecule is CCC(N)c1ccn(Cc2ccccc2OC)c1. The molecule has 0 radical (unpaired) electrons. The summed E-state index contributed by atoms with van der Waals surface area (Å²) in [5, 5.41) is 0. The lowest BCUT2D eigenvalue weighted by Gasteiger charge is -2.09. The zero-order valence-electron chi connectivity index (χ0n) is 11.0. The largest absolute Gasteiger partial charge is 0.496 e. The fraction of sp³-hybridized carbons (Fsp3) is 0.333. The summed E-state index contributed by atoms with van der Waals surface area (Å²) in [6, 6.07) is 10.3. The number of aromatic nitrogens is 1. The van der Waals surface area contributed by atoms with E-state index in [2.05, 4.69) is 36.0 Å². The number of rotatable bonds is 5. The van der Waals surface area contributed by atoms with Crippen molar-refractivity contribution in [2.45, 2.75) is 25.9 Å². The highest BCUT2D eigenvalue weighted by Crippen LogP contribution is 2.20. The first-order valence-electron chi connectivity index (χ1n) is 6.27. The molecule has 2 aromatic rings. The highest BCUT2D eigenvalue weighted by molar-refractivity contribution is 5.33. The molecule has 3 nitrogen and oxygen atoms in total. The van der Waals surface area contributed by atoms with Gasteiger partial charge >= 0.3 is 0 Å². The maximum absolute atomic E-state index is 6.02. The third kappa shape index (κ3) is 2.74. The summed E-state index contributed by atoms with van der Waals surface area (Å²) in [6.45, 7) is 2.91. The average molecular weight is 244 g/mol. The highest BCUT2D eigenvalue weighted by Gasteiger charge is 2.06. The van der Waals surface area contributed by atoms with Crippen LogP contribution in [0.3, 0.4) is 0 Å². The first-order chi connectivity index (χ1) is 8.74. The second-order valence-corrected chi connectivity index (χ2v) is 4.44. The van der Waals surface area contributed by atoms with Crippen LogP contribution in [0.1, 0.15) is 30.5 Å². The molecule has 2 rings (SSSR count). The van der Waals surface area contributed by atoms with Crippen LogP contribution in [0, 0.1) is 0 Å². The van der Waals surface area contributed by atoms with Gasteiger partial charge in [-0.2, -0.15) is 0 Å². The maximum Gasteiger partial charge on any atom is 0.123 e. The van der Waals surface area contributed by atoms with Crippen LogP contribution in [-0.4, -0.2) is 11.7 Å². The third-order valence-corrected chi connectivity index (χ3v) is 3.19. The van der Waals surface area contributed by atoms with Crippen LogP contribution >= 0.6 is 0 Å². The molecule has 0 aliphatic rings. The Labute approximate surface area is 108 Å². The molecule has 0 saturated heterocycles. The van der Waals surface area contributed by atoms with Gasteiger partial charge in [-0.15, -0.1) is 0 Å². The van der Waals surface area contributed by atoms with Crippen molar-refractivity contribution in [2.75, 3.05) is 7.11 Å². The van der Waals surface area contributed by atoms with Crippen molar-refractivity contribution in [1.82, 2.24) is 4.57 Å². The lowest BCUT2D eigenvalue weighted by Crippen LogP contribution is -2.07. The smallest absolute Gasteiger partial charge is 0.123 e. The second-order valence-electron chi connectivity index (χ2n) is 4.44. The van der Waals surface area contributed by atoms with Gasteiger partial charge in [-0.1, -0.05) is 25.1 Å². The number of nitrogens with zero attached hydrogens (tertiary/aromatic N) is 1. The van der Waals surface area contributed by atoms with Gasteiger partial charge in [0, 0.05) is 24.0 Å². The molecule has 1 unspecified atom stereocenters. The maximum atomic E-state index is 6.02. The Bertz CT molecular complexity index is 505. The molecule has 0 aliphatic carbocycles. The Balaban J connectivity index is 2.16. The summed E-state index contributed by atoms with van der Waals surface area (Å²) in [7, 11) is 1.70. The topological polar surface area (TPSA) is 40.2 Å². The van der Waals surface area contributed by atoms with Crippen LogP contribution in [0.2, 0.25) is 0 Å². The number of hydrogen-bond donors (Lipinski definition) is 1. The molecule has 0 bridgehead atoms. The van der Waals surface area contributed by atoms with E-state index in [9.17, 15) is 0 Å². The van der Waals surface area contributed by atoms with E-state index in [1.54, 1.807) is 7.11 Å². The van der Waals surface area contributed by atoms with E-state index in [1.165, 1.54) is 11.1 Å². The summed E-state index contributed by atoms with van der Waals surface area (Å²) in [5.41, 5.74) is 8.38. The summed E-state index contributed by atoms with van der Waals surface area (Å²) in [5.74, 6) is 0.924. The molecule has 2 N–H and O–H groups in total. The summed E-state index contributed by atoms with van der Waals surface area (Å²) < 4.78 is 7.50. The Hall–Kier alpha value is -1.74. The Morgan fingerprint density at radius 1 is 1.28 bits per heavy atom. The van der Waals surface area contributed by atoms with Crippen molar-refractivity contribution in [3.63, 3.8) is 0 Å². The molecule has 1 aromatic heterocycles. The van der Waals surface area contributed by atoms with Crippen LogP contribution in [0.5, 0.6) is 5.75 Å². The van der Waals surface area contributed by atoms with Gasteiger partial charge in [0.15, 0.2) is 0 Å². The molecule has 0 spiro atoms. The predicted octanol–water partition coefficient (Wildman–Crippen LogP) is 2.95. The molecule has 1 heterocycles. The fourth-order valence-electron chi connectivity index (χ4n) is 2.04. The number of benzene rings is 1.